The van der Waals surface area contributed by atoms with Gasteiger partial charge in [0.25, 0.3) is 5.91 Å². The predicted octanol–water partition coefficient (Wildman–Crippen LogP) is 4.24. The highest BCUT2D eigenvalue weighted by Crippen LogP contribution is 2.35. The third-order valence-electron chi connectivity index (χ3n) is 5.47. The average molecular weight is 428 g/mol. The number of urea groups is 1. The molecule has 1 aliphatic carbocycles. The van der Waals surface area contributed by atoms with E-state index in [2.05, 4.69) is 10.6 Å². The highest BCUT2D eigenvalue weighted by molar-refractivity contribution is 6.31. The van der Waals surface area contributed by atoms with E-state index in [0.717, 1.165) is 23.3 Å². The van der Waals surface area contributed by atoms with Crippen LogP contribution in [0.1, 0.15) is 31.2 Å². The van der Waals surface area contributed by atoms with Gasteiger partial charge >= 0.3 is 6.03 Å². The summed E-state index contributed by atoms with van der Waals surface area (Å²) in [7, 11) is 0. The van der Waals surface area contributed by atoms with Crippen LogP contribution in [0.5, 0.6) is 11.5 Å². The molecular weight excluding hydrogens is 406 g/mol. The fourth-order valence-corrected chi connectivity index (χ4v) is 4.06. The monoisotopic (exact) mass is 427 g/mol. The van der Waals surface area contributed by atoms with Crippen molar-refractivity contribution in [2.45, 2.75) is 38.1 Å². The maximum atomic E-state index is 12.7. The summed E-state index contributed by atoms with van der Waals surface area (Å²) in [6.07, 6.45) is 2.99. The summed E-state index contributed by atoms with van der Waals surface area (Å²) in [6, 6.07) is 11.8. The van der Waals surface area contributed by atoms with Crippen molar-refractivity contribution < 1.29 is 19.1 Å². The van der Waals surface area contributed by atoms with Crippen molar-refractivity contribution in [3.05, 3.63) is 53.1 Å². The highest BCUT2D eigenvalue weighted by Gasteiger charge is 2.52. The Kier molecular flexibility index (Phi) is 5.39. The van der Waals surface area contributed by atoms with Crippen molar-refractivity contribution >= 4 is 35.1 Å². The fraction of sp³-hybridized carbons (Fsp3) is 0.318. The molecule has 30 heavy (non-hydrogen) atoms. The van der Waals surface area contributed by atoms with E-state index >= 15 is 0 Å². The van der Waals surface area contributed by atoms with Gasteiger partial charge in [-0.1, -0.05) is 42.1 Å². The maximum Gasteiger partial charge on any atom is 0.325 e. The standard InChI is InChI=1S/C22H22ClN3O4/c1-14-4-7-16(8-5-14)30-18-9-6-15(23)12-17(18)24-19(27)13-26-20(28)22(25-21(26)29)10-2-3-11-22/h4-9,12H,2-3,10-11,13H2,1H3,(H,24,27)(H,25,29). The van der Waals surface area contributed by atoms with Gasteiger partial charge in [0.1, 0.15) is 17.8 Å². The van der Waals surface area contributed by atoms with Crippen molar-refractivity contribution in [2.75, 3.05) is 11.9 Å². The molecule has 2 N–H and O–H groups in total. The number of carbonyl (C=O) groups is 3. The van der Waals surface area contributed by atoms with Crippen LogP contribution in [-0.4, -0.2) is 34.8 Å². The van der Waals surface area contributed by atoms with Gasteiger partial charge in [-0.25, -0.2) is 4.79 Å². The molecule has 1 spiro atoms. The van der Waals surface area contributed by atoms with Crippen LogP contribution in [0.4, 0.5) is 10.5 Å². The van der Waals surface area contributed by atoms with E-state index in [9.17, 15) is 14.4 Å². The van der Waals surface area contributed by atoms with Crippen molar-refractivity contribution in [1.82, 2.24) is 10.2 Å². The number of ether oxygens (including phenoxy) is 1. The van der Waals surface area contributed by atoms with E-state index in [-0.39, 0.29) is 12.5 Å². The minimum Gasteiger partial charge on any atom is -0.455 e. The molecule has 2 aliphatic rings. The number of rotatable bonds is 5. The zero-order chi connectivity index (χ0) is 21.3. The second-order valence-corrected chi connectivity index (χ2v) is 8.15. The number of imide groups is 1. The topological polar surface area (TPSA) is 87.7 Å². The normalized spacial score (nSPS) is 17.3. The van der Waals surface area contributed by atoms with Crippen LogP contribution in [0, 0.1) is 6.92 Å². The summed E-state index contributed by atoms with van der Waals surface area (Å²) in [4.78, 5) is 38.6. The van der Waals surface area contributed by atoms with Gasteiger partial charge in [0, 0.05) is 5.02 Å². The van der Waals surface area contributed by atoms with Gasteiger partial charge in [-0.2, -0.15) is 0 Å². The summed E-state index contributed by atoms with van der Waals surface area (Å²) >= 11 is 6.09. The van der Waals surface area contributed by atoms with Gasteiger partial charge in [0.2, 0.25) is 5.91 Å². The van der Waals surface area contributed by atoms with E-state index in [1.165, 1.54) is 0 Å². The van der Waals surface area contributed by atoms with Gasteiger partial charge in [-0.15, -0.1) is 0 Å². The van der Waals surface area contributed by atoms with Crippen molar-refractivity contribution in [2.24, 2.45) is 0 Å². The molecule has 2 aromatic rings. The highest BCUT2D eigenvalue weighted by atomic mass is 35.5. The molecule has 156 valence electrons. The molecule has 4 rings (SSSR count). The van der Waals surface area contributed by atoms with E-state index in [0.29, 0.717) is 35.1 Å². The first-order valence-electron chi connectivity index (χ1n) is 9.84. The number of nitrogens with zero attached hydrogens (tertiary/aromatic N) is 1. The minimum atomic E-state index is -0.840. The van der Waals surface area contributed by atoms with Gasteiger partial charge in [-0.3, -0.25) is 14.5 Å². The summed E-state index contributed by atoms with van der Waals surface area (Å²) in [5, 5.41) is 5.89. The minimum absolute atomic E-state index is 0.331. The molecule has 4 amide bonds. The Bertz CT molecular complexity index is 1000. The summed E-state index contributed by atoms with van der Waals surface area (Å²) in [6.45, 7) is 1.60. The molecule has 8 heteroatoms. The number of benzene rings is 2. The molecule has 1 aliphatic heterocycles. The number of hydrogen-bond acceptors (Lipinski definition) is 4. The SMILES string of the molecule is Cc1ccc(Oc2ccc(Cl)cc2NC(=O)CN2C(=O)NC3(CCCC3)C2=O)cc1. The first-order valence-corrected chi connectivity index (χ1v) is 10.2. The number of hydrogen-bond donors (Lipinski definition) is 2. The second kappa shape index (κ2) is 7.99. The van der Waals surface area contributed by atoms with Crippen LogP contribution in [0.3, 0.4) is 0 Å². The number of nitrogens with one attached hydrogen (secondary N) is 2. The number of aryl methyl sites for hydroxylation is 1. The third-order valence-corrected chi connectivity index (χ3v) is 5.70. The number of halogens is 1. The van der Waals surface area contributed by atoms with Crippen LogP contribution in [0.2, 0.25) is 5.02 Å². The lowest BCUT2D eigenvalue weighted by Gasteiger charge is -2.20. The summed E-state index contributed by atoms with van der Waals surface area (Å²) in [5.74, 6) is 0.170. The molecule has 0 bridgehead atoms. The lowest BCUT2D eigenvalue weighted by molar-refractivity contribution is -0.133. The molecule has 0 radical (unpaired) electrons. The molecule has 0 atom stereocenters. The average Bonchev–Trinajstić information content (AvgIpc) is 3.26. The van der Waals surface area contributed by atoms with Crippen LogP contribution in [-0.2, 0) is 9.59 Å². The van der Waals surface area contributed by atoms with Crippen molar-refractivity contribution in [3.63, 3.8) is 0 Å². The van der Waals surface area contributed by atoms with E-state index in [1.807, 2.05) is 31.2 Å². The van der Waals surface area contributed by atoms with Crippen LogP contribution in [0.15, 0.2) is 42.5 Å². The molecule has 2 fully saturated rings. The van der Waals surface area contributed by atoms with Gasteiger partial charge in [-0.05, 0) is 50.1 Å². The molecule has 7 nitrogen and oxygen atoms in total. The summed E-state index contributed by atoms with van der Waals surface area (Å²) < 4.78 is 5.88. The summed E-state index contributed by atoms with van der Waals surface area (Å²) in [5.41, 5.74) is 0.615. The zero-order valence-corrected chi connectivity index (χ0v) is 17.3. The number of anilines is 1. The molecular formula is C22H22ClN3O4. The Morgan fingerprint density at radius 2 is 1.87 bits per heavy atom. The molecule has 0 aromatic heterocycles. The Morgan fingerprint density at radius 3 is 2.57 bits per heavy atom. The first-order chi connectivity index (χ1) is 14.4. The Morgan fingerprint density at radius 1 is 1.17 bits per heavy atom. The third kappa shape index (κ3) is 3.98. The Balaban J connectivity index is 1.48. The van der Waals surface area contributed by atoms with Crippen LogP contribution in [0.25, 0.3) is 0 Å². The quantitative estimate of drug-likeness (QED) is 0.698. The molecule has 2 aromatic carbocycles. The first kappa shape index (κ1) is 20.2. The van der Waals surface area contributed by atoms with Gasteiger partial charge in [0.05, 0.1) is 5.69 Å². The lowest BCUT2D eigenvalue weighted by Crippen LogP contribution is -2.44. The zero-order valence-electron chi connectivity index (χ0n) is 16.5. The number of amides is 4. The van der Waals surface area contributed by atoms with Gasteiger partial charge in [0.15, 0.2) is 5.75 Å². The van der Waals surface area contributed by atoms with Crippen LogP contribution >= 0.6 is 11.6 Å². The predicted molar refractivity (Wildman–Crippen MR) is 113 cm³/mol. The van der Waals surface area contributed by atoms with Crippen molar-refractivity contribution in [3.8, 4) is 11.5 Å². The van der Waals surface area contributed by atoms with Crippen LogP contribution < -0.4 is 15.4 Å². The molecule has 1 saturated carbocycles. The van der Waals surface area contributed by atoms with E-state index in [4.69, 9.17) is 16.3 Å². The molecule has 1 saturated heterocycles. The molecule has 0 unspecified atom stereocenters. The van der Waals surface area contributed by atoms with E-state index < -0.39 is 17.5 Å². The smallest absolute Gasteiger partial charge is 0.325 e. The maximum absolute atomic E-state index is 12.7. The second-order valence-electron chi connectivity index (χ2n) is 7.71. The lowest BCUT2D eigenvalue weighted by atomic mass is 9.98. The Hall–Kier alpha value is -3.06. The largest absolute Gasteiger partial charge is 0.455 e. The molecule has 1 heterocycles. The Labute approximate surface area is 179 Å². The van der Waals surface area contributed by atoms with Crippen molar-refractivity contribution in [1.29, 1.82) is 0 Å². The fourth-order valence-electron chi connectivity index (χ4n) is 3.89. The van der Waals surface area contributed by atoms with Gasteiger partial charge < -0.3 is 15.4 Å². The van der Waals surface area contributed by atoms with E-state index in [1.54, 1.807) is 18.2 Å². The number of carbonyl (C=O) groups excluding carboxylic acids is 3.